The van der Waals surface area contributed by atoms with E-state index >= 15 is 0 Å². The number of fused-ring (bicyclic) bond motifs is 1. The Morgan fingerprint density at radius 2 is 1.93 bits per heavy atom. The van der Waals surface area contributed by atoms with Crippen molar-refractivity contribution in [2.45, 2.75) is 77.5 Å². The summed E-state index contributed by atoms with van der Waals surface area (Å²) in [5.74, 6) is 1.09. The number of hydrogen-bond donors (Lipinski definition) is 1. The smallest absolute Gasteiger partial charge is 0.217 e. The van der Waals surface area contributed by atoms with Crippen molar-refractivity contribution < 1.29 is 14.3 Å². The lowest BCUT2D eigenvalue weighted by Gasteiger charge is -2.30. The summed E-state index contributed by atoms with van der Waals surface area (Å²) in [6.45, 7) is 8.30. The van der Waals surface area contributed by atoms with Crippen LogP contribution in [0.1, 0.15) is 64.3 Å². The third kappa shape index (κ3) is 5.37. The Morgan fingerprint density at radius 1 is 1.25 bits per heavy atom. The molecule has 0 aliphatic heterocycles. The van der Waals surface area contributed by atoms with E-state index in [1.54, 1.807) is 11.3 Å². The molecule has 1 aromatic carbocycles. The highest BCUT2D eigenvalue weighted by Gasteiger charge is 2.25. The van der Waals surface area contributed by atoms with Gasteiger partial charge in [-0.25, -0.2) is 4.98 Å². The van der Waals surface area contributed by atoms with Crippen molar-refractivity contribution in [2.75, 3.05) is 6.61 Å². The van der Waals surface area contributed by atoms with E-state index < -0.39 is 0 Å². The van der Waals surface area contributed by atoms with Gasteiger partial charge in [-0.15, -0.1) is 11.3 Å². The SMILES string of the molecule is CC(=O)N[C@@H](C)COC1CCC(Oc2ccc3sc(C(C)C)nc3c2Cl)CC1. The van der Waals surface area contributed by atoms with Crippen LogP contribution in [0.4, 0.5) is 0 Å². The average Bonchev–Trinajstić information content (AvgIpc) is 3.08. The average molecular weight is 425 g/mol. The van der Waals surface area contributed by atoms with Crippen LogP contribution in [0.25, 0.3) is 10.2 Å². The molecule has 1 aromatic heterocycles. The van der Waals surface area contributed by atoms with Crippen molar-refractivity contribution in [3.8, 4) is 5.75 Å². The van der Waals surface area contributed by atoms with E-state index in [0.717, 1.165) is 46.7 Å². The summed E-state index contributed by atoms with van der Waals surface area (Å²) in [7, 11) is 0. The van der Waals surface area contributed by atoms with Gasteiger partial charge >= 0.3 is 0 Å². The number of thiazole rings is 1. The maximum atomic E-state index is 11.1. The van der Waals surface area contributed by atoms with Gasteiger partial charge in [-0.05, 0) is 44.7 Å². The second-order valence-electron chi connectivity index (χ2n) is 7.88. The molecule has 0 radical (unpaired) electrons. The summed E-state index contributed by atoms with van der Waals surface area (Å²) in [6, 6.07) is 4.05. The molecule has 1 aliphatic rings. The molecule has 0 saturated heterocycles. The van der Waals surface area contributed by atoms with E-state index in [4.69, 9.17) is 26.1 Å². The minimum Gasteiger partial charge on any atom is -0.489 e. The van der Waals surface area contributed by atoms with E-state index in [-0.39, 0.29) is 24.2 Å². The Balaban J connectivity index is 1.53. The first-order chi connectivity index (χ1) is 13.3. The predicted octanol–water partition coefficient (Wildman–Crippen LogP) is 5.30. The van der Waals surface area contributed by atoms with E-state index in [1.165, 1.54) is 6.92 Å². The van der Waals surface area contributed by atoms with E-state index in [2.05, 4.69) is 25.2 Å². The van der Waals surface area contributed by atoms with Crippen LogP contribution in [0.15, 0.2) is 12.1 Å². The fourth-order valence-corrected chi connectivity index (χ4v) is 4.75. The Labute approximate surface area is 175 Å². The Morgan fingerprint density at radius 3 is 2.57 bits per heavy atom. The van der Waals surface area contributed by atoms with Gasteiger partial charge in [-0.3, -0.25) is 4.79 Å². The second-order valence-corrected chi connectivity index (χ2v) is 9.32. The maximum Gasteiger partial charge on any atom is 0.217 e. The molecule has 1 aliphatic carbocycles. The van der Waals surface area contributed by atoms with Crippen LogP contribution in [0, 0.1) is 0 Å². The van der Waals surface area contributed by atoms with Gasteiger partial charge in [-0.1, -0.05) is 25.4 Å². The summed E-state index contributed by atoms with van der Waals surface area (Å²) >= 11 is 8.29. The van der Waals surface area contributed by atoms with Crippen molar-refractivity contribution in [1.29, 1.82) is 0 Å². The van der Waals surface area contributed by atoms with Crippen LogP contribution >= 0.6 is 22.9 Å². The first-order valence-corrected chi connectivity index (χ1v) is 11.2. The number of rotatable bonds is 7. The number of ether oxygens (including phenoxy) is 2. The van der Waals surface area contributed by atoms with Crippen LogP contribution in [0.2, 0.25) is 5.02 Å². The van der Waals surface area contributed by atoms with Gasteiger partial charge < -0.3 is 14.8 Å². The number of amides is 1. The molecule has 5 nitrogen and oxygen atoms in total. The lowest BCUT2D eigenvalue weighted by atomic mass is 9.95. The molecule has 28 heavy (non-hydrogen) atoms. The Kier molecular flexibility index (Phi) is 7.18. The molecule has 1 fully saturated rings. The predicted molar refractivity (Wildman–Crippen MR) is 115 cm³/mol. The van der Waals surface area contributed by atoms with Gasteiger partial charge in [0.1, 0.15) is 16.3 Å². The molecule has 2 aromatic rings. The number of hydrogen-bond acceptors (Lipinski definition) is 5. The fourth-order valence-electron chi connectivity index (χ4n) is 3.46. The van der Waals surface area contributed by atoms with Gasteiger partial charge in [0.2, 0.25) is 5.91 Å². The number of halogens is 1. The van der Waals surface area contributed by atoms with Crippen molar-refractivity contribution in [3.63, 3.8) is 0 Å². The lowest BCUT2D eigenvalue weighted by molar-refractivity contribution is -0.120. The third-order valence-electron chi connectivity index (χ3n) is 4.92. The zero-order valence-electron chi connectivity index (χ0n) is 17.0. The van der Waals surface area contributed by atoms with Crippen molar-refractivity contribution in [1.82, 2.24) is 10.3 Å². The topological polar surface area (TPSA) is 60.5 Å². The van der Waals surface area contributed by atoms with E-state index in [0.29, 0.717) is 17.5 Å². The number of carbonyl (C=O) groups is 1. The summed E-state index contributed by atoms with van der Waals surface area (Å²) in [5.41, 5.74) is 0.844. The van der Waals surface area contributed by atoms with Crippen molar-refractivity contribution in [3.05, 3.63) is 22.2 Å². The highest BCUT2D eigenvalue weighted by molar-refractivity contribution is 7.18. The molecule has 154 valence electrons. The highest BCUT2D eigenvalue weighted by Crippen LogP contribution is 2.38. The minimum atomic E-state index is -0.0253. The van der Waals surface area contributed by atoms with Crippen LogP contribution in [-0.4, -0.2) is 35.7 Å². The van der Waals surface area contributed by atoms with Crippen LogP contribution in [0.5, 0.6) is 5.75 Å². The number of nitrogens with zero attached hydrogens (tertiary/aromatic N) is 1. The molecule has 1 heterocycles. The molecule has 3 rings (SSSR count). The molecule has 0 bridgehead atoms. The number of aromatic nitrogens is 1. The Bertz CT molecular complexity index is 815. The zero-order valence-corrected chi connectivity index (χ0v) is 18.5. The summed E-state index contributed by atoms with van der Waals surface area (Å²) < 4.78 is 13.3. The number of nitrogens with one attached hydrogen (secondary N) is 1. The lowest BCUT2D eigenvalue weighted by Crippen LogP contribution is -2.36. The Hall–Kier alpha value is -1.37. The molecule has 1 atom stereocenters. The highest BCUT2D eigenvalue weighted by atomic mass is 35.5. The normalized spacial score (nSPS) is 21.1. The number of carbonyl (C=O) groups excluding carboxylic acids is 1. The monoisotopic (exact) mass is 424 g/mol. The largest absolute Gasteiger partial charge is 0.489 e. The first kappa shape index (κ1) is 21.3. The molecule has 0 spiro atoms. The fraction of sp³-hybridized carbons (Fsp3) is 0.619. The quantitative estimate of drug-likeness (QED) is 0.654. The van der Waals surface area contributed by atoms with Gasteiger partial charge in [0.15, 0.2) is 0 Å². The molecule has 7 heteroatoms. The second kappa shape index (κ2) is 9.42. The summed E-state index contributed by atoms with van der Waals surface area (Å²) in [4.78, 5) is 15.8. The molecule has 1 saturated carbocycles. The van der Waals surface area contributed by atoms with Crippen molar-refractivity contribution in [2.24, 2.45) is 0 Å². The zero-order chi connectivity index (χ0) is 20.3. The molecule has 1 N–H and O–H groups in total. The van der Waals surface area contributed by atoms with Gasteiger partial charge in [0.25, 0.3) is 0 Å². The van der Waals surface area contributed by atoms with Gasteiger partial charge in [0, 0.05) is 18.9 Å². The maximum absolute atomic E-state index is 11.1. The molecular weight excluding hydrogens is 396 g/mol. The van der Waals surface area contributed by atoms with E-state index in [1.807, 2.05) is 13.0 Å². The molecule has 0 unspecified atom stereocenters. The van der Waals surface area contributed by atoms with Gasteiger partial charge in [-0.2, -0.15) is 0 Å². The summed E-state index contributed by atoms with van der Waals surface area (Å²) in [6.07, 6.45) is 4.13. The van der Waals surface area contributed by atoms with E-state index in [9.17, 15) is 4.79 Å². The number of benzene rings is 1. The van der Waals surface area contributed by atoms with Crippen LogP contribution in [-0.2, 0) is 9.53 Å². The van der Waals surface area contributed by atoms with Gasteiger partial charge in [0.05, 0.1) is 28.5 Å². The molecular formula is C21H29ClN2O3S. The van der Waals surface area contributed by atoms with Crippen LogP contribution in [0.3, 0.4) is 0 Å². The molecule has 1 amide bonds. The third-order valence-corrected chi connectivity index (χ3v) is 6.61. The standard InChI is InChI=1S/C21H29ClN2O3S/c1-12(2)21-24-20-18(28-21)10-9-17(19(20)22)27-16-7-5-15(6-8-16)26-11-13(3)23-14(4)25/h9-10,12-13,15-16H,5-8,11H2,1-4H3,(H,23,25)/t13-,15?,16?/m0/s1. The van der Waals surface area contributed by atoms with Crippen molar-refractivity contribution >= 4 is 39.1 Å². The van der Waals surface area contributed by atoms with Crippen LogP contribution < -0.4 is 10.1 Å². The minimum absolute atomic E-state index is 0.0253. The summed E-state index contributed by atoms with van der Waals surface area (Å²) in [5, 5.41) is 4.56. The first-order valence-electron chi connectivity index (χ1n) is 9.97.